The first-order valence-electron chi connectivity index (χ1n) is 9.25. The van der Waals surface area contributed by atoms with E-state index in [9.17, 15) is 9.18 Å². The minimum absolute atomic E-state index is 0.127. The predicted octanol–water partition coefficient (Wildman–Crippen LogP) is 4.52. The van der Waals surface area contributed by atoms with Crippen LogP contribution in [0.2, 0.25) is 0 Å². The van der Waals surface area contributed by atoms with Gasteiger partial charge in [0.1, 0.15) is 11.5 Å². The van der Waals surface area contributed by atoms with E-state index < -0.39 is 0 Å². The van der Waals surface area contributed by atoms with Crippen LogP contribution >= 0.6 is 0 Å². The van der Waals surface area contributed by atoms with Gasteiger partial charge in [-0.05, 0) is 56.9 Å². The normalized spacial score (nSPS) is 14.8. The second kappa shape index (κ2) is 6.99. The Morgan fingerprint density at radius 2 is 1.81 bits per heavy atom. The standard InChI is InChI=1S/C22H22FN3O/c1-14-3-5-17(6-4-14)21-20(22(27)24-15(2)16-7-8-16)13-26(25-21)19-11-9-18(23)10-12-19/h3-6,9-13,15-16H,7-8H2,1-2H3,(H,24,27)/t15-/m1/s1. The van der Waals surface area contributed by atoms with Crippen molar-refractivity contribution in [1.82, 2.24) is 15.1 Å². The smallest absolute Gasteiger partial charge is 0.255 e. The molecule has 4 rings (SSSR count). The maximum absolute atomic E-state index is 13.2. The van der Waals surface area contributed by atoms with E-state index in [1.165, 1.54) is 25.0 Å². The number of nitrogens with one attached hydrogen (secondary N) is 1. The van der Waals surface area contributed by atoms with Crippen LogP contribution in [0.15, 0.2) is 54.7 Å². The van der Waals surface area contributed by atoms with E-state index in [0.717, 1.165) is 11.1 Å². The maximum Gasteiger partial charge on any atom is 0.255 e. The summed E-state index contributed by atoms with van der Waals surface area (Å²) >= 11 is 0. The van der Waals surface area contributed by atoms with E-state index in [1.807, 2.05) is 38.1 Å². The van der Waals surface area contributed by atoms with Gasteiger partial charge in [-0.2, -0.15) is 5.10 Å². The minimum Gasteiger partial charge on any atom is -0.349 e. The zero-order valence-electron chi connectivity index (χ0n) is 15.4. The molecular formula is C22H22FN3O. The molecule has 5 heteroatoms. The van der Waals surface area contributed by atoms with Gasteiger partial charge in [-0.1, -0.05) is 29.8 Å². The van der Waals surface area contributed by atoms with E-state index in [4.69, 9.17) is 0 Å². The molecule has 0 radical (unpaired) electrons. The lowest BCUT2D eigenvalue weighted by atomic mass is 10.1. The van der Waals surface area contributed by atoms with Gasteiger partial charge in [0.15, 0.2) is 0 Å². The van der Waals surface area contributed by atoms with E-state index >= 15 is 0 Å². The number of benzene rings is 2. The molecule has 0 saturated heterocycles. The molecule has 1 amide bonds. The lowest BCUT2D eigenvalue weighted by molar-refractivity contribution is 0.0936. The first kappa shape index (κ1) is 17.5. The number of aryl methyl sites for hydroxylation is 1. The van der Waals surface area contributed by atoms with Crippen LogP contribution in [0.3, 0.4) is 0 Å². The zero-order valence-corrected chi connectivity index (χ0v) is 15.4. The molecule has 1 heterocycles. The molecule has 3 aromatic rings. The van der Waals surface area contributed by atoms with Gasteiger partial charge in [-0.25, -0.2) is 9.07 Å². The van der Waals surface area contributed by atoms with Crippen molar-refractivity contribution in [2.75, 3.05) is 0 Å². The number of hydrogen-bond acceptors (Lipinski definition) is 2. The van der Waals surface area contributed by atoms with E-state index in [0.29, 0.717) is 22.9 Å². The zero-order chi connectivity index (χ0) is 19.0. The van der Waals surface area contributed by atoms with Crippen molar-refractivity contribution in [2.24, 2.45) is 5.92 Å². The highest BCUT2D eigenvalue weighted by Crippen LogP contribution is 2.33. The first-order chi connectivity index (χ1) is 13.0. The van der Waals surface area contributed by atoms with Gasteiger partial charge in [-0.3, -0.25) is 4.79 Å². The molecule has 4 nitrogen and oxygen atoms in total. The van der Waals surface area contributed by atoms with Crippen molar-refractivity contribution in [3.05, 3.63) is 71.7 Å². The van der Waals surface area contributed by atoms with Crippen LogP contribution in [0.5, 0.6) is 0 Å². The van der Waals surface area contributed by atoms with Crippen molar-refractivity contribution >= 4 is 5.91 Å². The number of nitrogens with zero attached hydrogens (tertiary/aromatic N) is 2. The van der Waals surface area contributed by atoms with E-state index in [1.54, 1.807) is 23.0 Å². The van der Waals surface area contributed by atoms with Crippen molar-refractivity contribution in [2.45, 2.75) is 32.7 Å². The Bertz CT molecular complexity index is 956. The Morgan fingerprint density at radius 1 is 1.15 bits per heavy atom. The fourth-order valence-corrected chi connectivity index (χ4v) is 3.19. The number of aromatic nitrogens is 2. The molecule has 1 atom stereocenters. The third kappa shape index (κ3) is 3.77. The summed E-state index contributed by atoms with van der Waals surface area (Å²) in [6.45, 7) is 4.07. The summed E-state index contributed by atoms with van der Waals surface area (Å²) in [5.41, 5.74) is 3.88. The van der Waals surface area contributed by atoms with Gasteiger partial charge in [0.2, 0.25) is 0 Å². The van der Waals surface area contributed by atoms with Gasteiger partial charge in [0.05, 0.1) is 11.3 Å². The molecule has 1 aliphatic rings. The SMILES string of the molecule is Cc1ccc(-c2nn(-c3ccc(F)cc3)cc2C(=O)N[C@H](C)C2CC2)cc1. The van der Waals surface area contributed by atoms with Crippen molar-refractivity contribution in [3.63, 3.8) is 0 Å². The summed E-state index contributed by atoms with van der Waals surface area (Å²) in [5, 5.41) is 7.73. The van der Waals surface area contributed by atoms with Gasteiger partial charge in [0, 0.05) is 17.8 Å². The fourth-order valence-electron chi connectivity index (χ4n) is 3.19. The molecule has 1 aromatic heterocycles. The van der Waals surface area contributed by atoms with Crippen LogP contribution in [0.25, 0.3) is 16.9 Å². The summed E-state index contributed by atoms with van der Waals surface area (Å²) in [6.07, 6.45) is 4.06. The molecule has 1 saturated carbocycles. The first-order valence-corrected chi connectivity index (χ1v) is 9.25. The minimum atomic E-state index is -0.305. The maximum atomic E-state index is 13.2. The van der Waals surface area contributed by atoms with Gasteiger partial charge in [-0.15, -0.1) is 0 Å². The highest BCUT2D eigenvalue weighted by molar-refractivity contribution is 6.00. The second-order valence-electron chi connectivity index (χ2n) is 7.28. The van der Waals surface area contributed by atoms with Crippen LogP contribution in [0.1, 0.15) is 35.7 Å². The van der Waals surface area contributed by atoms with Crippen molar-refractivity contribution in [3.8, 4) is 16.9 Å². The third-order valence-electron chi connectivity index (χ3n) is 5.06. The van der Waals surface area contributed by atoms with Crippen LogP contribution < -0.4 is 5.32 Å². The number of hydrogen-bond donors (Lipinski definition) is 1. The molecule has 0 aliphatic heterocycles. The molecule has 2 aromatic carbocycles. The summed E-state index contributed by atoms with van der Waals surface area (Å²) in [6, 6.07) is 14.2. The van der Waals surface area contributed by atoms with Crippen molar-refractivity contribution < 1.29 is 9.18 Å². The summed E-state index contributed by atoms with van der Waals surface area (Å²) in [5.74, 6) is 0.142. The number of carbonyl (C=O) groups is 1. The average molecular weight is 363 g/mol. The Labute approximate surface area is 158 Å². The molecule has 0 spiro atoms. The molecule has 1 aliphatic carbocycles. The molecular weight excluding hydrogens is 341 g/mol. The Morgan fingerprint density at radius 3 is 2.44 bits per heavy atom. The molecule has 1 fully saturated rings. The lowest BCUT2D eigenvalue weighted by Crippen LogP contribution is -2.34. The summed E-state index contributed by atoms with van der Waals surface area (Å²) in [4.78, 5) is 12.9. The number of halogens is 1. The highest BCUT2D eigenvalue weighted by atomic mass is 19.1. The molecule has 1 N–H and O–H groups in total. The van der Waals surface area contributed by atoms with Crippen LogP contribution in [0, 0.1) is 18.7 Å². The Hall–Kier alpha value is -2.95. The highest BCUT2D eigenvalue weighted by Gasteiger charge is 2.30. The van der Waals surface area contributed by atoms with Crippen LogP contribution in [0.4, 0.5) is 4.39 Å². The molecule has 0 unspecified atom stereocenters. The van der Waals surface area contributed by atoms with Crippen LogP contribution in [-0.4, -0.2) is 21.7 Å². The fraction of sp³-hybridized carbons (Fsp3) is 0.273. The van der Waals surface area contributed by atoms with E-state index in [2.05, 4.69) is 10.4 Å². The summed E-state index contributed by atoms with van der Waals surface area (Å²) in [7, 11) is 0. The van der Waals surface area contributed by atoms with Gasteiger partial charge >= 0.3 is 0 Å². The van der Waals surface area contributed by atoms with Gasteiger partial charge < -0.3 is 5.32 Å². The largest absolute Gasteiger partial charge is 0.349 e. The average Bonchev–Trinajstić information content (AvgIpc) is 3.42. The number of rotatable bonds is 5. The Kier molecular flexibility index (Phi) is 4.52. The predicted molar refractivity (Wildman–Crippen MR) is 103 cm³/mol. The molecule has 0 bridgehead atoms. The topological polar surface area (TPSA) is 46.9 Å². The van der Waals surface area contributed by atoms with Crippen molar-refractivity contribution in [1.29, 1.82) is 0 Å². The Balaban J connectivity index is 1.73. The molecule has 138 valence electrons. The number of carbonyl (C=O) groups excluding carboxylic acids is 1. The third-order valence-corrected chi connectivity index (χ3v) is 5.06. The van der Waals surface area contributed by atoms with Gasteiger partial charge in [0.25, 0.3) is 5.91 Å². The number of amides is 1. The monoisotopic (exact) mass is 363 g/mol. The van der Waals surface area contributed by atoms with E-state index in [-0.39, 0.29) is 17.8 Å². The van der Waals surface area contributed by atoms with Crippen LogP contribution in [-0.2, 0) is 0 Å². The second-order valence-corrected chi connectivity index (χ2v) is 7.28. The lowest BCUT2D eigenvalue weighted by Gasteiger charge is -2.12. The molecule has 27 heavy (non-hydrogen) atoms. The summed E-state index contributed by atoms with van der Waals surface area (Å²) < 4.78 is 14.9. The quantitative estimate of drug-likeness (QED) is 0.725.